The summed E-state index contributed by atoms with van der Waals surface area (Å²) in [5.74, 6) is 0.0170. The van der Waals surface area contributed by atoms with Gasteiger partial charge in [0.05, 0.1) is 12.7 Å². The van der Waals surface area contributed by atoms with Crippen LogP contribution in [0.2, 0.25) is 0 Å². The van der Waals surface area contributed by atoms with Gasteiger partial charge in [0, 0.05) is 12.6 Å². The molecule has 0 aliphatic carbocycles. The minimum atomic E-state index is -0.297. The third kappa shape index (κ3) is 3.18. The van der Waals surface area contributed by atoms with Crippen LogP contribution in [0.5, 0.6) is 0 Å². The summed E-state index contributed by atoms with van der Waals surface area (Å²) in [4.78, 5) is 13.7. The monoisotopic (exact) mass is 215 g/mol. The van der Waals surface area contributed by atoms with E-state index in [0.717, 1.165) is 12.8 Å². The Bertz CT molecular complexity index is 218. The highest BCUT2D eigenvalue weighted by Gasteiger charge is 2.32. The maximum absolute atomic E-state index is 12.0. The number of hydrogen-bond donors (Lipinski definition) is 1. The van der Waals surface area contributed by atoms with Crippen LogP contribution in [0.3, 0.4) is 0 Å². The molecule has 0 bridgehead atoms. The van der Waals surface area contributed by atoms with Crippen molar-refractivity contribution in [3.63, 3.8) is 0 Å². The van der Waals surface area contributed by atoms with E-state index in [2.05, 4.69) is 0 Å². The zero-order chi connectivity index (χ0) is 11.4. The summed E-state index contributed by atoms with van der Waals surface area (Å²) in [5.41, 5.74) is 0. The van der Waals surface area contributed by atoms with Crippen LogP contribution in [0.25, 0.3) is 0 Å². The number of ether oxygens (including phenoxy) is 1. The second kappa shape index (κ2) is 5.47. The fourth-order valence-electron chi connectivity index (χ4n) is 1.90. The predicted molar refractivity (Wildman–Crippen MR) is 57.5 cm³/mol. The van der Waals surface area contributed by atoms with Gasteiger partial charge in [-0.05, 0) is 33.6 Å². The van der Waals surface area contributed by atoms with Gasteiger partial charge in [-0.25, -0.2) is 0 Å². The molecule has 1 aliphatic rings. The summed E-state index contributed by atoms with van der Waals surface area (Å²) in [5, 5.41) is 8.89. The SMILES string of the molecule is CC1CCC(C(=O)N(CCO)C(C)C)O1. The molecule has 2 unspecified atom stereocenters. The van der Waals surface area contributed by atoms with Crippen molar-refractivity contribution in [1.82, 2.24) is 4.90 Å². The van der Waals surface area contributed by atoms with Crippen molar-refractivity contribution in [2.75, 3.05) is 13.2 Å². The molecule has 0 spiro atoms. The molecule has 1 rings (SSSR count). The fourth-order valence-corrected chi connectivity index (χ4v) is 1.90. The molecule has 1 N–H and O–H groups in total. The number of amides is 1. The number of hydrogen-bond acceptors (Lipinski definition) is 3. The summed E-state index contributed by atoms with van der Waals surface area (Å²) >= 11 is 0. The van der Waals surface area contributed by atoms with Gasteiger partial charge >= 0.3 is 0 Å². The molecule has 4 heteroatoms. The highest BCUT2D eigenvalue weighted by atomic mass is 16.5. The van der Waals surface area contributed by atoms with E-state index >= 15 is 0 Å². The largest absolute Gasteiger partial charge is 0.395 e. The first-order valence-corrected chi connectivity index (χ1v) is 5.63. The summed E-state index contributed by atoms with van der Waals surface area (Å²) in [6.07, 6.45) is 1.63. The van der Waals surface area contributed by atoms with E-state index in [1.807, 2.05) is 20.8 Å². The maximum Gasteiger partial charge on any atom is 0.252 e. The van der Waals surface area contributed by atoms with Gasteiger partial charge in [0.15, 0.2) is 0 Å². The molecular formula is C11H21NO3. The molecule has 1 aliphatic heterocycles. The van der Waals surface area contributed by atoms with Gasteiger partial charge in [0.25, 0.3) is 5.91 Å². The number of rotatable bonds is 4. The Balaban J connectivity index is 2.55. The van der Waals surface area contributed by atoms with Crippen molar-refractivity contribution in [2.45, 2.75) is 51.9 Å². The van der Waals surface area contributed by atoms with Crippen LogP contribution < -0.4 is 0 Å². The smallest absolute Gasteiger partial charge is 0.252 e. The highest BCUT2D eigenvalue weighted by molar-refractivity contribution is 5.81. The molecular weight excluding hydrogens is 194 g/mol. The molecule has 1 fully saturated rings. The molecule has 1 heterocycles. The van der Waals surface area contributed by atoms with Crippen LogP contribution in [-0.4, -0.2) is 47.3 Å². The van der Waals surface area contributed by atoms with E-state index in [9.17, 15) is 4.79 Å². The number of aliphatic hydroxyl groups excluding tert-OH is 1. The Labute approximate surface area is 91.2 Å². The molecule has 4 nitrogen and oxygen atoms in total. The molecule has 1 amide bonds. The number of carbonyl (C=O) groups excluding carboxylic acids is 1. The summed E-state index contributed by atoms with van der Waals surface area (Å²) in [6.45, 7) is 6.29. The van der Waals surface area contributed by atoms with Crippen LogP contribution in [0.15, 0.2) is 0 Å². The van der Waals surface area contributed by atoms with Gasteiger partial charge < -0.3 is 14.7 Å². The number of aliphatic hydroxyl groups is 1. The van der Waals surface area contributed by atoms with Crippen LogP contribution in [0.4, 0.5) is 0 Å². The molecule has 0 radical (unpaired) electrons. The predicted octanol–water partition coefficient (Wildman–Crippen LogP) is 0.783. The normalized spacial score (nSPS) is 25.9. The Hall–Kier alpha value is -0.610. The van der Waals surface area contributed by atoms with Gasteiger partial charge in [-0.15, -0.1) is 0 Å². The fraction of sp³-hybridized carbons (Fsp3) is 0.909. The Morgan fingerprint density at radius 1 is 1.53 bits per heavy atom. The van der Waals surface area contributed by atoms with Crippen molar-refractivity contribution in [1.29, 1.82) is 0 Å². The molecule has 0 aromatic carbocycles. The first kappa shape index (κ1) is 12.5. The Kier molecular flexibility index (Phi) is 4.54. The second-order valence-electron chi connectivity index (χ2n) is 4.36. The standard InChI is InChI=1S/C11H21NO3/c1-8(2)12(6-7-13)11(14)10-5-4-9(3)15-10/h8-10,13H,4-7H2,1-3H3. The quantitative estimate of drug-likeness (QED) is 0.754. The minimum absolute atomic E-state index is 0.00614. The van der Waals surface area contributed by atoms with Crippen molar-refractivity contribution in [3.8, 4) is 0 Å². The molecule has 0 aromatic rings. The van der Waals surface area contributed by atoms with Gasteiger partial charge in [-0.1, -0.05) is 0 Å². The van der Waals surface area contributed by atoms with Crippen molar-refractivity contribution < 1.29 is 14.6 Å². The minimum Gasteiger partial charge on any atom is -0.395 e. The van der Waals surface area contributed by atoms with Gasteiger partial charge in [0.2, 0.25) is 0 Å². The Morgan fingerprint density at radius 2 is 2.20 bits per heavy atom. The van der Waals surface area contributed by atoms with E-state index in [1.165, 1.54) is 0 Å². The lowest BCUT2D eigenvalue weighted by atomic mass is 10.1. The van der Waals surface area contributed by atoms with Crippen LogP contribution in [0, 0.1) is 0 Å². The topological polar surface area (TPSA) is 49.8 Å². The van der Waals surface area contributed by atoms with Crippen molar-refractivity contribution in [3.05, 3.63) is 0 Å². The van der Waals surface area contributed by atoms with E-state index in [4.69, 9.17) is 9.84 Å². The van der Waals surface area contributed by atoms with E-state index in [-0.39, 0.29) is 30.8 Å². The van der Waals surface area contributed by atoms with E-state index < -0.39 is 0 Å². The molecule has 15 heavy (non-hydrogen) atoms. The summed E-state index contributed by atoms with van der Waals surface area (Å²) in [6, 6.07) is 0.115. The van der Waals surface area contributed by atoms with Crippen LogP contribution in [0.1, 0.15) is 33.6 Å². The summed E-state index contributed by atoms with van der Waals surface area (Å²) in [7, 11) is 0. The van der Waals surface area contributed by atoms with Crippen molar-refractivity contribution >= 4 is 5.91 Å². The van der Waals surface area contributed by atoms with E-state index in [0.29, 0.717) is 6.54 Å². The van der Waals surface area contributed by atoms with Crippen LogP contribution in [-0.2, 0) is 9.53 Å². The number of carbonyl (C=O) groups is 1. The lowest BCUT2D eigenvalue weighted by molar-refractivity contribution is -0.144. The first-order valence-electron chi connectivity index (χ1n) is 5.63. The molecule has 1 saturated heterocycles. The van der Waals surface area contributed by atoms with Gasteiger partial charge in [-0.2, -0.15) is 0 Å². The van der Waals surface area contributed by atoms with Gasteiger partial charge in [-0.3, -0.25) is 4.79 Å². The van der Waals surface area contributed by atoms with Gasteiger partial charge in [0.1, 0.15) is 6.10 Å². The van der Waals surface area contributed by atoms with Crippen LogP contribution >= 0.6 is 0 Å². The Morgan fingerprint density at radius 3 is 2.60 bits per heavy atom. The molecule has 88 valence electrons. The molecule has 0 saturated carbocycles. The maximum atomic E-state index is 12.0. The van der Waals surface area contributed by atoms with E-state index in [1.54, 1.807) is 4.90 Å². The molecule has 2 atom stereocenters. The lowest BCUT2D eigenvalue weighted by Gasteiger charge is -2.28. The van der Waals surface area contributed by atoms with Crippen molar-refractivity contribution in [2.24, 2.45) is 0 Å². The first-order chi connectivity index (χ1) is 7.06. The third-order valence-electron chi connectivity index (χ3n) is 2.75. The highest BCUT2D eigenvalue weighted by Crippen LogP contribution is 2.21. The average Bonchev–Trinajstić information content (AvgIpc) is 2.59. The third-order valence-corrected chi connectivity index (χ3v) is 2.75. The zero-order valence-corrected chi connectivity index (χ0v) is 9.77. The lowest BCUT2D eigenvalue weighted by Crippen LogP contribution is -2.44. The molecule has 0 aromatic heterocycles. The average molecular weight is 215 g/mol. The summed E-state index contributed by atoms with van der Waals surface area (Å²) < 4.78 is 5.53. The second-order valence-corrected chi connectivity index (χ2v) is 4.36. The number of nitrogens with zero attached hydrogens (tertiary/aromatic N) is 1. The zero-order valence-electron chi connectivity index (χ0n) is 9.77.